The Balaban J connectivity index is 1.44. The zero-order valence-corrected chi connectivity index (χ0v) is 13.7. The van der Waals surface area contributed by atoms with Crippen LogP contribution in [-0.2, 0) is 9.59 Å². The maximum Gasteiger partial charge on any atom is 0.237 e. The van der Waals surface area contributed by atoms with E-state index in [1.807, 2.05) is 18.7 Å². The van der Waals surface area contributed by atoms with Crippen molar-refractivity contribution < 1.29 is 9.59 Å². The molecule has 2 unspecified atom stereocenters. The molecule has 2 heterocycles. The van der Waals surface area contributed by atoms with Crippen LogP contribution in [0.15, 0.2) is 0 Å². The predicted molar refractivity (Wildman–Crippen MR) is 84.3 cm³/mol. The maximum atomic E-state index is 12.5. The minimum Gasteiger partial charge on any atom is -0.352 e. The topological polar surface area (TPSA) is 64.7 Å². The van der Waals surface area contributed by atoms with Crippen molar-refractivity contribution in [1.29, 1.82) is 0 Å². The van der Waals surface area contributed by atoms with Crippen molar-refractivity contribution in [2.45, 2.75) is 38.8 Å². The summed E-state index contributed by atoms with van der Waals surface area (Å²) in [6.45, 7) is 9.01. The van der Waals surface area contributed by atoms with Crippen LogP contribution in [0.4, 0.5) is 0 Å². The van der Waals surface area contributed by atoms with Gasteiger partial charge in [0, 0.05) is 38.1 Å². The van der Waals surface area contributed by atoms with Gasteiger partial charge >= 0.3 is 0 Å². The van der Waals surface area contributed by atoms with E-state index in [2.05, 4.69) is 15.5 Å². The predicted octanol–water partition coefficient (Wildman–Crippen LogP) is -0.347. The van der Waals surface area contributed by atoms with Crippen LogP contribution in [0.25, 0.3) is 0 Å². The molecule has 0 radical (unpaired) electrons. The van der Waals surface area contributed by atoms with Crippen molar-refractivity contribution in [3.8, 4) is 0 Å². The molecule has 3 rings (SSSR count). The van der Waals surface area contributed by atoms with Crippen molar-refractivity contribution in [3.05, 3.63) is 0 Å². The van der Waals surface area contributed by atoms with E-state index >= 15 is 0 Å². The van der Waals surface area contributed by atoms with Crippen LogP contribution in [0.2, 0.25) is 0 Å². The summed E-state index contributed by atoms with van der Waals surface area (Å²) in [6.07, 6.45) is 2.24. The van der Waals surface area contributed by atoms with Crippen LogP contribution in [0.3, 0.4) is 0 Å². The Morgan fingerprint density at radius 2 is 1.73 bits per heavy atom. The smallest absolute Gasteiger partial charge is 0.237 e. The first-order valence-electron chi connectivity index (χ1n) is 8.60. The van der Waals surface area contributed by atoms with Crippen LogP contribution in [0.1, 0.15) is 26.7 Å². The van der Waals surface area contributed by atoms with Gasteiger partial charge in [-0.1, -0.05) is 6.92 Å². The molecule has 0 bridgehead atoms. The van der Waals surface area contributed by atoms with E-state index in [9.17, 15) is 9.59 Å². The molecule has 2 aliphatic heterocycles. The Morgan fingerprint density at radius 1 is 1.09 bits per heavy atom. The molecule has 6 nitrogen and oxygen atoms in total. The summed E-state index contributed by atoms with van der Waals surface area (Å²) < 4.78 is 0. The van der Waals surface area contributed by atoms with E-state index < -0.39 is 0 Å². The van der Waals surface area contributed by atoms with Gasteiger partial charge in [0.2, 0.25) is 11.8 Å². The molecule has 0 aromatic rings. The molecule has 124 valence electrons. The van der Waals surface area contributed by atoms with Gasteiger partial charge in [-0.2, -0.15) is 0 Å². The van der Waals surface area contributed by atoms with Gasteiger partial charge in [-0.25, -0.2) is 0 Å². The lowest BCUT2D eigenvalue weighted by Crippen LogP contribution is -2.57. The average molecular weight is 308 g/mol. The average Bonchev–Trinajstić information content (AvgIpc) is 3.28. The highest BCUT2D eigenvalue weighted by Crippen LogP contribution is 2.21. The highest BCUT2D eigenvalue weighted by atomic mass is 16.2. The monoisotopic (exact) mass is 308 g/mol. The number of hydrogen-bond acceptors (Lipinski definition) is 4. The zero-order valence-electron chi connectivity index (χ0n) is 13.7. The molecular weight excluding hydrogens is 280 g/mol. The molecule has 0 spiro atoms. The molecule has 22 heavy (non-hydrogen) atoms. The van der Waals surface area contributed by atoms with E-state index in [-0.39, 0.29) is 23.8 Å². The Bertz CT molecular complexity index is 426. The molecule has 3 aliphatic rings. The molecule has 0 aromatic carbocycles. The molecule has 2 amide bonds. The fourth-order valence-electron chi connectivity index (χ4n) is 3.20. The summed E-state index contributed by atoms with van der Waals surface area (Å²) >= 11 is 0. The Kier molecular flexibility index (Phi) is 4.68. The fraction of sp³-hybridized carbons (Fsp3) is 0.875. The summed E-state index contributed by atoms with van der Waals surface area (Å²) in [5, 5.41) is 6.30. The van der Waals surface area contributed by atoms with E-state index in [4.69, 9.17) is 0 Å². The second kappa shape index (κ2) is 6.54. The summed E-state index contributed by atoms with van der Waals surface area (Å²) in [6, 6.07) is 0.320. The first kappa shape index (κ1) is 15.7. The molecule has 3 fully saturated rings. The van der Waals surface area contributed by atoms with Crippen molar-refractivity contribution in [3.63, 3.8) is 0 Å². The van der Waals surface area contributed by atoms with Crippen LogP contribution < -0.4 is 10.6 Å². The third kappa shape index (κ3) is 3.43. The quantitative estimate of drug-likeness (QED) is 0.729. The highest BCUT2D eigenvalue weighted by molar-refractivity contribution is 5.82. The lowest BCUT2D eigenvalue weighted by atomic mass is 9.88. The summed E-state index contributed by atoms with van der Waals surface area (Å²) in [5.74, 6) is 1.02. The van der Waals surface area contributed by atoms with Gasteiger partial charge in [-0.15, -0.1) is 0 Å². The molecule has 2 atom stereocenters. The molecule has 1 aliphatic carbocycles. The number of carbonyl (C=O) groups is 2. The molecule has 1 saturated carbocycles. The van der Waals surface area contributed by atoms with Gasteiger partial charge in [0.1, 0.15) is 0 Å². The van der Waals surface area contributed by atoms with E-state index in [1.165, 1.54) is 0 Å². The number of nitrogens with zero attached hydrogens (tertiary/aromatic N) is 2. The van der Waals surface area contributed by atoms with Crippen molar-refractivity contribution in [1.82, 2.24) is 20.4 Å². The number of piperazine rings is 1. The van der Waals surface area contributed by atoms with E-state index in [1.54, 1.807) is 0 Å². The van der Waals surface area contributed by atoms with E-state index in [0.29, 0.717) is 12.0 Å². The minimum atomic E-state index is -0.0916. The van der Waals surface area contributed by atoms with Gasteiger partial charge in [0.05, 0.1) is 6.04 Å². The number of amides is 2. The molecular formula is C16H28N4O2. The second-order valence-corrected chi connectivity index (χ2v) is 7.03. The summed E-state index contributed by atoms with van der Waals surface area (Å²) in [4.78, 5) is 28.8. The highest BCUT2D eigenvalue weighted by Gasteiger charge is 2.34. The molecule has 0 aromatic heterocycles. The van der Waals surface area contributed by atoms with Crippen molar-refractivity contribution in [2.75, 3.05) is 39.3 Å². The lowest BCUT2D eigenvalue weighted by molar-refractivity contribution is -0.140. The number of nitrogens with one attached hydrogen (secondary N) is 2. The first-order chi connectivity index (χ1) is 10.6. The van der Waals surface area contributed by atoms with Gasteiger partial charge in [0.25, 0.3) is 0 Å². The lowest BCUT2D eigenvalue weighted by Gasteiger charge is -2.40. The molecule has 2 N–H and O–H groups in total. The van der Waals surface area contributed by atoms with Crippen LogP contribution in [0.5, 0.6) is 0 Å². The Hall–Kier alpha value is -1.14. The zero-order chi connectivity index (χ0) is 15.7. The van der Waals surface area contributed by atoms with Crippen LogP contribution in [-0.4, -0.2) is 73.0 Å². The normalized spacial score (nSPS) is 26.2. The molecule has 2 saturated heterocycles. The summed E-state index contributed by atoms with van der Waals surface area (Å²) in [5.41, 5.74) is 0. The third-order valence-electron chi connectivity index (χ3n) is 5.39. The largest absolute Gasteiger partial charge is 0.352 e. The SMILES string of the molecule is CC(C(=O)N1CCN(C(C)C(=O)NC2CC2)CC1)C1CNC1. The van der Waals surface area contributed by atoms with Crippen molar-refractivity contribution >= 4 is 11.8 Å². The Labute approximate surface area is 132 Å². The van der Waals surface area contributed by atoms with Crippen molar-refractivity contribution in [2.24, 2.45) is 11.8 Å². The third-order valence-corrected chi connectivity index (χ3v) is 5.39. The minimum absolute atomic E-state index is 0.0916. The van der Waals surface area contributed by atoms with Crippen LogP contribution in [0, 0.1) is 11.8 Å². The molecule has 6 heteroatoms. The van der Waals surface area contributed by atoms with Crippen LogP contribution >= 0.6 is 0 Å². The van der Waals surface area contributed by atoms with Gasteiger partial charge < -0.3 is 15.5 Å². The second-order valence-electron chi connectivity index (χ2n) is 7.03. The van der Waals surface area contributed by atoms with Gasteiger partial charge in [-0.3, -0.25) is 14.5 Å². The Morgan fingerprint density at radius 3 is 2.23 bits per heavy atom. The number of rotatable bonds is 5. The summed E-state index contributed by atoms with van der Waals surface area (Å²) in [7, 11) is 0. The van der Waals surface area contributed by atoms with Gasteiger partial charge in [-0.05, 0) is 38.8 Å². The number of carbonyl (C=O) groups excluding carboxylic acids is 2. The standard InChI is InChI=1S/C16H28N4O2/c1-11(13-9-17-10-13)16(22)20-7-5-19(6-8-20)12(2)15(21)18-14-3-4-14/h11-14,17H,3-10H2,1-2H3,(H,18,21). The van der Waals surface area contributed by atoms with Gasteiger partial charge in [0.15, 0.2) is 0 Å². The number of hydrogen-bond donors (Lipinski definition) is 2. The fourth-order valence-corrected chi connectivity index (χ4v) is 3.20. The van der Waals surface area contributed by atoms with E-state index in [0.717, 1.165) is 52.1 Å². The maximum absolute atomic E-state index is 12.5. The first-order valence-corrected chi connectivity index (χ1v) is 8.60.